The fourth-order valence-electron chi connectivity index (χ4n) is 3.53. The van der Waals surface area contributed by atoms with Crippen molar-refractivity contribution in [1.82, 2.24) is 0 Å². The number of halogens is 4. The van der Waals surface area contributed by atoms with Gasteiger partial charge in [-0.15, -0.1) is 0 Å². The lowest BCUT2D eigenvalue weighted by molar-refractivity contribution is 0.111. The van der Waals surface area contributed by atoms with Crippen LogP contribution < -0.4 is 0 Å². The summed E-state index contributed by atoms with van der Waals surface area (Å²) in [5.41, 5.74) is -1.67. The molecule has 138 valence electrons. The molecule has 0 saturated carbocycles. The van der Waals surface area contributed by atoms with E-state index in [1.807, 2.05) is 0 Å². The van der Waals surface area contributed by atoms with E-state index < -0.39 is 34.4 Å². The highest BCUT2D eigenvalue weighted by Crippen LogP contribution is 2.42. The van der Waals surface area contributed by atoms with Crippen molar-refractivity contribution < 1.29 is 27.2 Å². The number of carbonyl (C=O) groups excluding carboxylic acids is 2. The lowest BCUT2D eigenvalue weighted by Crippen LogP contribution is -2.05. The SMILES string of the molecule is O=Cc1c(F)c(F)c2ccccc2c1-c1c(C=O)c(F)c(F)c2ccccc12. The van der Waals surface area contributed by atoms with E-state index in [4.69, 9.17) is 0 Å². The van der Waals surface area contributed by atoms with Crippen molar-refractivity contribution in [2.24, 2.45) is 0 Å². The van der Waals surface area contributed by atoms with Crippen molar-refractivity contribution in [3.05, 3.63) is 82.9 Å². The predicted octanol–water partition coefficient (Wildman–Crippen LogP) is 5.84. The maximum absolute atomic E-state index is 14.6. The molecular formula is C22H10F4O2. The highest BCUT2D eigenvalue weighted by Gasteiger charge is 2.27. The standard InChI is InChI=1S/C22H10F4O2/c23-19-13-7-3-1-5-11(13)17(15(9-27)21(19)25)18-12-6-2-4-8-14(12)20(24)22(26)16(18)10-28/h1-10H. The van der Waals surface area contributed by atoms with Gasteiger partial charge in [0.25, 0.3) is 0 Å². The van der Waals surface area contributed by atoms with Gasteiger partial charge in [0.1, 0.15) is 0 Å². The van der Waals surface area contributed by atoms with E-state index in [2.05, 4.69) is 0 Å². The van der Waals surface area contributed by atoms with E-state index in [0.717, 1.165) is 0 Å². The molecule has 0 bridgehead atoms. The Morgan fingerprint density at radius 3 is 1.14 bits per heavy atom. The van der Waals surface area contributed by atoms with E-state index in [-0.39, 0.29) is 45.2 Å². The second kappa shape index (κ2) is 6.56. The van der Waals surface area contributed by atoms with Crippen molar-refractivity contribution in [2.45, 2.75) is 0 Å². The molecule has 4 aromatic rings. The van der Waals surface area contributed by atoms with Gasteiger partial charge in [-0.25, -0.2) is 17.6 Å². The number of hydrogen-bond donors (Lipinski definition) is 0. The van der Waals surface area contributed by atoms with Crippen molar-refractivity contribution in [3.8, 4) is 11.1 Å². The van der Waals surface area contributed by atoms with Gasteiger partial charge in [0.2, 0.25) is 0 Å². The van der Waals surface area contributed by atoms with Crippen molar-refractivity contribution >= 4 is 34.1 Å². The topological polar surface area (TPSA) is 34.1 Å². The van der Waals surface area contributed by atoms with Gasteiger partial charge in [0.15, 0.2) is 35.8 Å². The Balaban J connectivity index is 2.36. The molecule has 0 heterocycles. The molecule has 0 aliphatic heterocycles. The number of rotatable bonds is 3. The van der Waals surface area contributed by atoms with Crippen LogP contribution >= 0.6 is 0 Å². The highest BCUT2D eigenvalue weighted by atomic mass is 19.2. The van der Waals surface area contributed by atoms with Crippen LogP contribution in [0.3, 0.4) is 0 Å². The van der Waals surface area contributed by atoms with Crippen molar-refractivity contribution in [1.29, 1.82) is 0 Å². The Bertz CT molecular complexity index is 1190. The maximum Gasteiger partial charge on any atom is 0.170 e. The molecule has 0 unspecified atom stereocenters. The van der Waals surface area contributed by atoms with Crippen molar-refractivity contribution in [3.63, 3.8) is 0 Å². The molecule has 28 heavy (non-hydrogen) atoms. The molecule has 0 atom stereocenters. The van der Waals surface area contributed by atoms with Gasteiger partial charge in [-0.2, -0.15) is 0 Å². The van der Waals surface area contributed by atoms with Crippen LogP contribution in [-0.4, -0.2) is 12.6 Å². The molecule has 0 radical (unpaired) electrons. The normalized spacial score (nSPS) is 11.1. The third-order valence-corrected chi connectivity index (χ3v) is 4.75. The molecule has 0 spiro atoms. The Labute approximate surface area is 156 Å². The van der Waals surface area contributed by atoms with E-state index >= 15 is 0 Å². The summed E-state index contributed by atoms with van der Waals surface area (Å²) in [5.74, 6) is -5.31. The molecule has 4 rings (SSSR count). The second-order valence-electron chi connectivity index (χ2n) is 6.16. The van der Waals surface area contributed by atoms with Gasteiger partial charge in [-0.1, -0.05) is 48.5 Å². The minimum absolute atomic E-state index is 0.0998. The van der Waals surface area contributed by atoms with Crippen molar-refractivity contribution in [2.75, 3.05) is 0 Å². The molecule has 0 fully saturated rings. The number of fused-ring (bicyclic) bond motifs is 2. The Kier molecular flexibility index (Phi) is 4.19. The van der Waals surface area contributed by atoms with E-state index in [1.54, 1.807) is 0 Å². The van der Waals surface area contributed by atoms with E-state index in [0.29, 0.717) is 0 Å². The second-order valence-corrected chi connectivity index (χ2v) is 6.16. The van der Waals surface area contributed by atoms with Gasteiger partial charge in [-0.05, 0) is 10.8 Å². The molecular weight excluding hydrogens is 372 g/mol. The predicted molar refractivity (Wildman–Crippen MR) is 97.5 cm³/mol. The smallest absolute Gasteiger partial charge is 0.170 e. The average molecular weight is 382 g/mol. The third-order valence-electron chi connectivity index (χ3n) is 4.75. The lowest BCUT2D eigenvalue weighted by Gasteiger charge is -2.17. The van der Waals surface area contributed by atoms with Crippen LogP contribution in [0.15, 0.2) is 48.5 Å². The fraction of sp³-hybridized carbons (Fsp3) is 0. The quantitative estimate of drug-likeness (QED) is 0.329. The number of carbonyl (C=O) groups is 2. The fourth-order valence-corrected chi connectivity index (χ4v) is 3.53. The molecule has 4 aromatic carbocycles. The van der Waals surface area contributed by atoms with Crippen LogP contribution in [0.2, 0.25) is 0 Å². The summed E-state index contributed by atoms with van der Waals surface area (Å²) in [6, 6.07) is 11.4. The van der Waals surface area contributed by atoms with E-state index in [9.17, 15) is 27.2 Å². The van der Waals surface area contributed by atoms with Crippen LogP contribution in [0.25, 0.3) is 32.7 Å². The number of benzene rings is 4. The zero-order chi connectivity index (χ0) is 20.0. The summed E-state index contributed by atoms with van der Waals surface area (Å²) >= 11 is 0. The van der Waals surface area contributed by atoms with Crippen LogP contribution in [0, 0.1) is 23.3 Å². The van der Waals surface area contributed by atoms with Gasteiger partial charge in [0, 0.05) is 21.9 Å². The Hall–Kier alpha value is -3.54. The minimum atomic E-state index is -1.42. The van der Waals surface area contributed by atoms with Crippen LogP contribution in [0.5, 0.6) is 0 Å². The summed E-state index contributed by atoms with van der Waals surface area (Å²) in [4.78, 5) is 23.3. The molecule has 0 aromatic heterocycles. The van der Waals surface area contributed by atoms with E-state index in [1.165, 1.54) is 48.5 Å². The highest BCUT2D eigenvalue weighted by molar-refractivity contribution is 6.14. The first-order chi connectivity index (χ1) is 13.5. The molecule has 6 heteroatoms. The molecule has 0 aliphatic carbocycles. The summed E-state index contributed by atoms with van der Waals surface area (Å²) in [6.07, 6.45) is 0.204. The van der Waals surface area contributed by atoms with Crippen LogP contribution in [-0.2, 0) is 0 Å². The van der Waals surface area contributed by atoms with Gasteiger partial charge < -0.3 is 0 Å². The first kappa shape index (κ1) is 17.9. The molecule has 0 aliphatic rings. The average Bonchev–Trinajstić information content (AvgIpc) is 2.73. The molecule has 0 amide bonds. The zero-order valence-corrected chi connectivity index (χ0v) is 14.1. The molecule has 2 nitrogen and oxygen atoms in total. The van der Waals surface area contributed by atoms with Crippen LogP contribution in [0.4, 0.5) is 17.6 Å². The largest absolute Gasteiger partial charge is 0.298 e. The molecule has 0 saturated heterocycles. The number of aldehydes is 2. The summed E-state index contributed by atoms with van der Waals surface area (Å²) in [5, 5.41) is -0.0944. The minimum Gasteiger partial charge on any atom is -0.298 e. The van der Waals surface area contributed by atoms with Gasteiger partial charge in [-0.3, -0.25) is 9.59 Å². The Morgan fingerprint density at radius 1 is 0.500 bits per heavy atom. The van der Waals surface area contributed by atoms with Gasteiger partial charge >= 0.3 is 0 Å². The lowest BCUT2D eigenvalue weighted by atomic mass is 9.86. The monoisotopic (exact) mass is 382 g/mol. The third kappa shape index (κ3) is 2.34. The summed E-state index contributed by atoms with van der Waals surface area (Å²) in [6.45, 7) is 0. The van der Waals surface area contributed by atoms with Crippen LogP contribution in [0.1, 0.15) is 20.7 Å². The molecule has 0 N–H and O–H groups in total. The number of hydrogen-bond acceptors (Lipinski definition) is 2. The maximum atomic E-state index is 14.6. The first-order valence-electron chi connectivity index (χ1n) is 8.21. The first-order valence-corrected chi connectivity index (χ1v) is 8.21. The zero-order valence-electron chi connectivity index (χ0n) is 14.1. The van der Waals surface area contributed by atoms with Gasteiger partial charge in [0.05, 0.1) is 11.1 Å². The summed E-state index contributed by atoms with van der Waals surface area (Å²) < 4.78 is 58.1. The Morgan fingerprint density at radius 2 is 0.821 bits per heavy atom. The summed E-state index contributed by atoms with van der Waals surface area (Å²) in [7, 11) is 0.